The summed E-state index contributed by atoms with van der Waals surface area (Å²) >= 11 is 0. The lowest BCUT2D eigenvalue weighted by Gasteiger charge is -2.19. The molecule has 2 amide bonds. The zero-order valence-corrected chi connectivity index (χ0v) is 17.5. The Labute approximate surface area is 172 Å². The van der Waals surface area contributed by atoms with E-state index in [9.17, 15) is 9.59 Å². The molecule has 0 aliphatic rings. The Kier molecular flexibility index (Phi) is 8.64. The predicted molar refractivity (Wildman–Crippen MR) is 114 cm³/mol. The second kappa shape index (κ2) is 11.2. The molecule has 0 fully saturated rings. The Hall–Kier alpha value is -2.90. The van der Waals surface area contributed by atoms with Crippen LogP contribution in [-0.4, -0.2) is 52.3 Å². The fourth-order valence-electron chi connectivity index (χ4n) is 2.93. The molecule has 0 bridgehead atoms. The summed E-state index contributed by atoms with van der Waals surface area (Å²) in [5.74, 6) is 0.349. The minimum atomic E-state index is -0.177. The van der Waals surface area contributed by atoms with Crippen molar-refractivity contribution in [1.29, 1.82) is 0 Å². The summed E-state index contributed by atoms with van der Waals surface area (Å²) in [5, 5.41) is 5.80. The number of amides is 2. The number of benzene rings is 2. The average Bonchev–Trinajstić information content (AvgIpc) is 2.69. The molecule has 1 unspecified atom stereocenters. The lowest BCUT2D eigenvalue weighted by Crippen LogP contribution is -3.14. The lowest BCUT2D eigenvalue weighted by molar-refractivity contribution is -0.883. The Morgan fingerprint density at radius 3 is 2.34 bits per heavy atom. The first kappa shape index (κ1) is 22.4. The van der Waals surface area contributed by atoms with Gasteiger partial charge in [-0.25, -0.2) is 0 Å². The van der Waals surface area contributed by atoms with Gasteiger partial charge in [0.2, 0.25) is 0 Å². The van der Waals surface area contributed by atoms with Crippen LogP contribution in [0.3, 0.4) is 0 Å². The van der Waals surface area contributed by atoms with E-state index < -0.39 is 0 Å². The van der Waals surface area contributed by atoms with Crippen molar-refractivity contribution >= 4 is 23.2 Å². The summed E-state index contributed by atoms with van der Waals surface area (Å²) in [4.78, 5) is 25.8. The third-order valence-corrected chi connectivity index (χ3v) is 4.71. The van der Waals surface area contributed by atoms with Gasteiger partial charge in [-0.1, -0.05) is 18.2 Å². The first-order valence-electron chi connectivity index (χ1n) is 9.55. The summed E-state index contributed by atoms with van der Waals surface area (Å²) in [6.07, 6.45) is 0. The van der Waals surface area contributed by atoms with E-state index in [1.54, 1.807) is 26.4 Å². The van der Waals surface area contributed by atoms with Crippen LogP contribution in [0.5, 0.6) is 5.75 Å². The first-order valence-corrected chi connectivity index (χ1v) is 9.55. The molecule has 0 saturated carbocycles. The number of carbonyl (C=O) groups is 2. The average molecular weight is 400 g/mol. The van der Waals surface area contributed by atoms with Gasteiger partial charge in [-0.2, -0.15) is 0 Å². The van der Waals surface area contributed by atoms with Crippen LogP contribution in [0.25, 0.3) is 0 Å². The van der Waals surface area contributed by atoms with Crippen LogP contribution in [0.1, 0.15) is 11.1 Å². The highest BCUT2D eigenvalue weighted by atomic mass is 16.5. The number of aryl methyl sites for hydroxylation is 1. The predicted octanol–water partition coefficient (Wildman–Crippen LogP) is 1.42. The summed E-state index contributed by atoms with van der Waals surface area (Å²) in [7, 11) is 3.18. The molecular weight excluding hydrogens is 370 g/mol. The Balaban J connectivity index is 1.97. The molecule has 7 nitrogen and oxygen atoms in total. The summed E-state index contributed by atoms with van der Waals surface area (Å²) in [5.41, 5.74) is 3.60. The molecule has 0 saturated heterocycles. The molecule has 0 spiro atoms. The highest BCUT2D eigenvalue weighted by Gasteiger charge is 2.19. The molecule has 7 heteroatoms. The van der Waals surface area contributed by atoms with Gasteiger partial charge in [0.15, 0.2) is 13.1 Å². The molecular formula is C22H30N3O4+. The maximum absolute atomic E-state index is 12.6. The summed E-state index contributed by atoms with van der Waals surface area (Å²) in [6.45, 7) is 5.30. The third kappa shape index (κ3) is 7.21. The normalized spacial score (nSPS) is 11.6. The Morgan fingerprint density at radius 2 is 1.66 bits per heavy atom. The molecule has 0 aliphatic heterocycles. The largest absolute Gasteiger partial charge is 0.497 e. The molecule has 2 rings (SSSR count). The molecule has 2 aromatic carbocycles. The second-order valence-corrected chi connectivity index (χ2v) is 6.92. The van der Waals surface area contributed by atoms with Crippen LogP contribution in [0.4, 0.5) is 11.4 Å². The molecule has 3 N–H and O–H groups in total. The number of nitrogens with one attached hydrogen (secondary N) is 3. The Morgan fingerprint density at radius 1 is 0.966 bits per heavy atom. The highest BCUT2D eigenvalue weighted by molar-refractivity contribution is 5.93. The monoisotopic (exact) mass is 400 g/mol. The zero-order valence-electron chi connectivity index (χ0n) is 17.5. The smallest absolute Gasteiger partial charge is 0.279 e. The minimum Gasteiger partial charge on any atom is -0.497 e. The summed E-state index contributed by atoms with van der Waals surface area (Å²) < 4.78 is 10.3. The third-order valence-electron chi connectivity index (χ3n) is 4.71. The summed E-state index contributed by atoms with van der Waals surface area (Å²) in [6, 6.07) is 13.0. The van der Waals surface area contributed by atoms with Gasteiger partial charge in [0.1, 0.15) is 12.3 Å². The molecule has 156 valence electrons. The quantitative estimate of drug-likeness (QED) is 0.564. The van der Waals surface area contributed by atoms with Gasteiger partial charge >= 0.3 is 0 Å². The van der Waals surface area contributed by atoms with Gasteiger partial charge in [0, 0.05) is 24.6 Å². The number of anilines is 2. The van der Waals surface area contributed by atoms with Crippen molar-refractivity contribution < 1.29 is 24.0 Å². The van der Waals surface area contributed by atoms with E-state index >= 15 is 0 Å². The minimum absolute atomic E-state index is 0.140. The number of hydrogen-bond acceptors (Lipinski definition) is 4. The number of methoxy groups -OCH3 is 2. The van der Waals surface area contributed by atoms with Gasteiger partial charge in [-0.05, 0) is 43.2 Å². The topological polar surface area (TPSA) is 81.1 Å². The van der Waals surface area contributed by atoms with E-state index in [2.05, 4.69) is 10.6 Å². The lowest BCUT2D eigenvalue weighted by atomic mass is 10.1. The van der Waals surface area contributed by atoms with Crippen LogP contribution in [0, 0.1) is 13.8 Å². The zero-order chi connectivity index (χ0) is 21.2. The van der Waals surface area contributed by atoms with E-state index in [0.717, 1.165) is 21.7 Å². The van der Waals surface area contributed by atoms with Gasteiger partial charge in [-0.15, -0.1) is 0 Å². The van der Waals surface area contributed by atoms with Crippen molar-refractivity contribution in [2.24, 2.45) is 0 Å². The van der Waals surface area contributed by atoms with Crippen molar-refractivity contribution in [2.45, 2.75) is 13.8 Å². The van der Waals surface area contributed by atoms with Crippen LogP contribution in [-0.2, 0) is 14.3 Å². The molecule has 0 aromatic heterocycles. The fourth-order valence-corrected chi connectivity index (χ4v) is 2.93. The van der Waals surface area contributed by atoms with Crippen molar-refractivity contribution in [2.75, 3.05) is 51.1 Å². The number of hydrogen-bond donors (Lipinski definition) is 3. The van der Waals surface area contributed by atoms with E-state index in [1.165, 1.54) is 0 Å². The van der Waals surface area contributed by atoms with E-state index in [1.807, 2.05) is 44.2 Å². The van der Waals surface area contributed by atoms with E-state index in [4.69, 9.17) is 9.47 Å². The highest BCUT2D eigenvalue weighted by Crippen LogP contribution is 2.18. The number of ether oxygens (including phenoxy) is 2. The molecule has 2 aromatic rings. The van der Waals surface area contributed by atoms with E-state index in [-0.39, 0.29) is 24.9 Å². The molecule has 0 radical (unpaired) electrons. The second-order valence-electron chi connectivity index (χ2n) is 6.92. The van der Waals surface area contributed by atoms with Gasteiger partial charge in [0.25, 0.3) is 11.8 Å². The van der Waals surface area contributed by atoms with E-state index in [0.29, 0.717) is 24.6 Å². The SMILES string of the molecule is COCC[NH+](CC(=O)Nc1cccc(OC)c1)CC(=O)Nc1cccc(C)c1C. The first-order chi connectivity index (χ1) is 13.9. The molecule has 1 atom stereocenters. The van der Waals surface area contributed by atoms with Gasteiger partial charge in [-0.3, -0.25) is 9.59 Å². The van der Waals surface area contributed by atoms with Crippen molar-refractivity contribution in [3.63, 3.8) is 0 Å². The van der Waals surface area contributed by atoms with Crippen molar-refractivity contribution in [3.8, 4) is 5.75 Å². The van der Waals surface area contributed by atoms with Crippen molar-refractivity contribution in [1.82, 2.24) is 0 Å². The van der Waals surface area contributed by atoms with Gasteiger partial charge < -0.3 is 25.0 Å². The number of carbonyl (C=O) groups excluding carboxylic acids is 2. The fraction of sp³-hybridized carbons (Fsp3) is 0.364. The molecule has 0 aliphatic carbocycles. The maximum Gasteiger partial charge on any atom is 0.279 e. The van der Waals surface area contributed by atoms with Crippen LogP contribution in [0.15, 0.2) is 42.5 Å². The Bertz CT molecular complexity index is 839. The van der Waals surface area contributed by atoms with Crippen LogP contribution < -0.4 is 20.3 Å². The van der Waals surface area contributed by atoms with Crippen LogP contribution >= 0.6 is 0 Å². The van der Waals surface area contributed by atoms with Crippen molar-refractivity contribution in [3.05, 3.63) is 53.6 Å². The number of quaternary nitrogens is 1. The molecule has 0 heterocycles. The standard InChI is InChI=1S/C22H29N3O4/c1-16-7-5-10-20(17(16)2)24-22(27)15-25(11-12-28-3)14-21(26)23-18-8-6-9-19(13-18)29-4/h5-10,13H,11-12,14-15H2,1-4H3,(H,23,26)(H,24,27)/p+1. The number of rotatable bonds is 10. The van der Waals surface area contributed by atoms with Gasteiger partial charge in [0.05, 0.1) is 13.7 Å². The maximum atomic E-state index is 12.6. The van der Waals surface area contributed by atoms with Crippen LogP contribution in [0.2, 0.25) is 0 Å². The molecule has 29 heavy (non-hydrogen) atoms.